The molecule has 0 bridgehead atoms. The minimum atomic E-state index is 0.758. The largest absolute Gasteiger partial charge is 0.494 e. The molecule has 0 aliphatic rings. The molecule has 0 aliphatic carbocycles. The van der Waals surface area contributed by atoms with Crippen molar-refractivity contribution in [3.63, 3.8) is 0 Å². The Balaban J connectivity index is 1.85. The van der Waals surface area contributed by atoms with E-state index in [9.17, 15) is 0 Å². The Morgan fingerprint density at radius 1 is 0.792 bits per heavy atom. The SMILES string of the molecule is CCCOc1ccc(C=CC#CC=Cc2ccc(CC)cc2)cc1. The van der Waals surface area contributed by atoms with Gasteiger partial charge in [-0.3, -0.25) is 0 Å². The van der Waals surface area contributed by atoms with Gasteiger partial charge in [0, 0.05) is 0 Å². The lowest BCUT2D eigenvalue weighted by Gasteiger charge is -2.03. The number of hydrogen-bond donors (Lipinski definition) is 0. The summed E-state index contributed by atoms with van der Waals surface area (Å²) in [5.74, 6) is 6.97. The van der Waals surface area contributed by atoms with Crippen molar-refractivity contribution in [1.29, 1.82) is 0 Å². The van der Waals surface area contributed by atoms with Gasteiger partial charge in [-0.05, 0) is 66.0 Å². The summed E-state index contributed by atoms with van der Waals surface area (Å²) in [7, 11) is 0. The molecule has 0 aliphatic heterocycles. The van der Waals surface area contributed by atoms with Gasteiger partial charge in [0.15, 0.2) is 0 Å². The average Bonchev–Trinajstić information content (AvgIpc) is 2.64. The first-order valence-corrected chi connectivity index (χ1v) is 8.47. The van der Waals surface area contributed by atoms with Crippen molar-refractivity contribution in [3.8, 4) is 17.6 Å². The molecule has 2 aromatic carbocycles. The van der Waals surface area contributed by atoms with Gasteiger partial charge in [0.05, 0.1) is 6.61 Å². The van der Waals surface area contributed by atoms with Crippen LogP contribution in [0.5, 0.6) is 5.75 Å². The van der Waals surface area contributed by atoms with Crippen molar-refractivity contribution < 1.29 is 4.74 Å². The lowest BCUT2D eigenvalue weighted by atomic mass is 10.1. The Labute approximate surface area is 145 Å². The molecular weight excluding hydrogens is 292 g/mol. The summed E-state index contributed by atoms with van der Waals surface area (Å²) in [6, 6.07) is 16.6. The number of benzene rings is 2. The molecule has 0 saturated heterocycles. The van der Waals surface area contributed by atoms with E-state index in [4.69, 9.17) is 4.74 Å². The Kier molecular flexibility index (Phi) is 7.44. The van der Waals surface area contributed by atoms with Crippen LogP contribution in [0.15, 0.2) is 60.7 Å². The van der Waals surface area contributed by atoms with Gasteiger partial charge in [-0.2, -0.15) is 0 Å². The highest BCUT2D eigenvalue weighted by atomic mass is 16.5. The number of ether oxygens (including phenoxy) is 1. The molecule has 24 heavy (non-hydrogen) atoms. The number of allylic oxidation sites excluding steroid dienone is 2. The number of rotatable bonds is 6. The Morgan fingerprint density at radius 3 is 1.83 bits per heavy atom. The van der Waals surface area contributed by atoms with Crippen LogP contribution in [0.25, 0.3) is 12.2 Å². The van der Waals surface area contributed by atoms with Crippen molar-refractivity contribution in [1.82, 2.24) is 0 Å². The zero-order chi connectivity index (χ0) is 17.0. The van der Waals surface area contributed by atoms with E-state index in [1.165, 1.54) is 11.1 Å². The van der Waals surface area contributed by atoms with Crippen molar-refractivity contribution in [2.45, 2.75) is 26.7 Å². The Hall–Kier alpha value is -2.72. The zero-order valence-corrected chi connectivity index (χ0v) is 14.5. The van der Waals surface area contributed by atoms with Crippen molar-refractivity contribution >= 4 is 12.2 Å². The maximum atomic E-state index is 5.56. The second-order valence-electron chi connectivity index (χ2n) is 5.47. The van der Waals surface area contributed by atoms with Gasteiger partial charge >= 0.3 is 0 Å². The first kappa shape index (κ1) is 17.6. The Bertz CT molecular complexity index is 722. The predicted molar refractivity (Wildman–Crippen MR) is 104 cm³/mol. The van der Waals surface area contributed by atoms with Crippen molar-refractivity contribution in [2.24, 2.45) is 0 Å². The lowest BCUT2D eigenvalue weighted by molar-refractivity contribution is 0.317. The summed E-state index contributed by atoms with van der Waals surface area (Å²) in [5.41, 5.74) is 3.65. The second kappa shape index (κ2) is 10.1. The summed E-state index contributed by atoms with van der Waals surface area (Å²) >= 11 is 0. The third-order valence-electron chi connectivity index (χ3n) is 3.54. The lowest BCUT2D eigenvalue weighted by Crippen LogP contribution is -1.94. The van der Waals surface area contributed by atoms with E-state index in [1.807, 2.05) is 48.6 Å². The van der Waals surface area contributed by atoms with Crippen LogP contribution >= 0.6 is 0 Å². The molecule has 2 aromatic rings. The summed E-state index contributed by atoms with van der Waals surface area (Å²) in [5, 5.41) is 0. The normalized spacial score (nSPS) is 10.8. The van der Waals surface area contributed by atoms with E-state index < -0.39 is 0 Å². The van der Waals surface area contributed by atoms with Crippen LogP contribution < -0.4 is 4.74 Å². The minimum Gasteiger partial charge on any atom is -0.494 e. The molecule has 0 amide bonds. The third-order valence-corrected chi connectivity index (χ3v) is 3.54. The van der Waals surface area contributed by atoms with Gasteiger partial charge in [0.1, 0.15) is 5.75 Å². The predicted octanol–water partition coefficient (Wildman–Crippen LogP) is 5.77. The molecule has 0 saturated carbocycles. The summed E-state index contributed by atoms with van der Waals surface area (Å²) in [6.45, 7) is 5.02. The third kappa shape index (κ3) is 6.18. The van der Waals surface area contributed by atoms with Crippen LogP contribution in [0, 0.1) is 11.8 Å². The van der Waals surface area contributed by atoms with Gasteiger partial charge in [0.25, 0.3) is 0 Å². The monoisotopic (exact) mass is 316 g/mol. The number of aryl methyl sites for hydroxylation is 1. The average molecular weight is 316 g/mol. The molecule has 0 spiro atoms. The van der Waals surface area contributed by atoms with Gasteiger partial charge in [-0.1, -0.05) is 62.1 Å². The summed E-state index contributed by atoms with van der Waals surface area (Å²) in [6.07, 6.45) is 9.87. The van der Waals surface area contributed by atoms with Crippen LogP contribution in [-0.4, -0.2) is 6.61 Å². The van der Waals surface area contributed by atoms with E-state index >= 15 is 0 Å². The molecule has 1 heteroatoms. The fourth-order valence-corrected chi connectivity index (χ4v) is 2.13. The van der Waals surface area contributed by atoms with E-state index in [-0.39, 0.29) is 0 Å². The van der Waals surface area contributed by atoms with Crippen LogP contribution in [0.3, 0.4) is 0 Å². The molecule has 0 atom stereocenters. The molecule has 2 rings (SSSR count). The maximum Gasteiger partial charge on any atom is 0.119 e. The molecule has 0 radical (unpaired) electrons. The van der Waals surface area contributed by atoms with Gasteiger partial charge in [-0.15, -0.1) is 0 Å². The van der Waals surface area contributed by atoms with Crippen LogP contribution in [0.1, 0.15) is 37.0 Å². The van der Waals surface area contributed by atoms with E-state index in [0.29, 0.717) is 0 Å². The topological polar surface area (TPSA) is 9.23 Å². The van der Waals surface area contributed by atoms with Crippen LogP contribution in [-0.2, 0) is 6.42 Å². The van der Waals surface area contributed by atoms with E-state index in [2.05, 4.69) is 50.0 Å². The standard InChI is InChI=1S/C23H24O/c1-3-19-24-23-17-15-22(16-18-23)10-8-6-5-7-9-21-13-11-20(4-2)12-14-21/h7-18H,3-4,19H2,1-2H3. The maximum absolute atomic E-state index is 5.56. The highest BCUT2D eigenvalue weighted by Crippen LogP contribution is 2.13. The highest BCUT2D eigenvalue weighted by Gasteiger charge is 1.91. The van der Waals surface area contributed by atoms with Crippen LogP contribution in [0.4, 0.5) is 0 Å². The molecule has 1 nitrogen and oxygen atoms in total. The highest BCUT2D eigenvalue weighted by molar-refractivity contribution is 5.56. The fraction of sp³-hybridized carbons (Fsp3) is 0.217. The zero-order valence-electron chi connectivity index (χ0n) is 14.5. The smallest absolute Gasteiger partial charge is 0.119 e. The molecule has 0 heterocycles. The second-order valence-corrected chi connectivity index (χ2v) is 5.47. The Morgan fingerprint density at radius 2 is 1.33 bits per heavy atom. The molecule has 122 valence electrons. The van der Waals surface area contributed by atoms with Crippen molar-refractivity contribution in [2.75, 3.05) is 6.61 Å². The first-order chi connectivity index (χ1) is 11.8. The van der Waals surface area contributed by atoms with Gasteiger partial charge in [0.2, 0.25) is 0 Å². The van der Waals surface area contributed by atoms with E-state index in [0.717, 1.165) is 30.8 Å². The number of hydrogen-bond acceptors (Lipinski definition) is 1. The molecular formula is C23H24O. The molecule has 0 aromatic heterocycles. The fourth-order valence-electron chi connectivity index (χ4n) is 2.13. The first-order valence-electron chi connectivity index (χ1n) is 8.47. The molecule has 0 N–H and O–H groups in total. The summed E-state index contributed by atoms with van der Waals surface area (Å²) in [4.78, 5) is 0. The molecule has 0 fully saturated rings. The quantitative estimate of drug-likeness (QED) is 0.615. The van der Waals surface area contributed by atoms with Gasteiger partial charge < -0.3 is 4.74 Å². The minimum absolute atomic E-state index is 0.758. The van der Waals surface area contributed by atoms with Gasteiger partial charge in [-0.25, -0.2) is 0 Å². The van der Waals surface area contributed by atoms with Crippen molar-refractivity contribution in [3.05, 3.63) is 77.4 Å². The van der Waals surface area contributed by atoms with E-state index in [1.54, 1.807) is 0 Å². The summed E-state index contributed by atoms with van der Waals surface area (Å²) < 4.78 is 5.56. The molecule has 0 unspecified atom stereocenters. The van der Waals surface area contributed by atoms with Crippen LogP contribution in [0.2, 0.25) is 0 Å².